The Labute approximate surface area is 168 Å². The standard InChI is InChI=1S/C24H32O4/c1-16(2)24-21(26)14-17(3)6-5-7-18(4)15-22(24)28-23(27)13-10-19-8-11-20(25)12-9-19/h7-14,16,21-22,24-26H,5-6,15H2,1-4H3/t21-,22-,24-/m0/s1. The predicted molar refractivity (Wildman–Crippen MR) is 113 cm³/mol. The maximum atomic E-state index is 12.5. The Morgan fingerprint density at radius 2 is 1.86 bits per heavy atom. The maximum Gasteiger partial charge on any atom is 0.331 e. The monoisotopic (exact) mass is 384 g/mol. The number of carbonyl (C=O) groups excluding carboxylic acids is 1. The number of allylic oxidation sites excluding steroid dienone is 2. The van der Waals surface area contributed by atoms with Gasteiger partial charge in [0.15, 0.2) is 0 Å². The average molecular weight is 385 g/mol. The van der Waals surface area contributed by atoms with Gasteiger partial charge in [-0.05, 0) is 56.4 Å². The number of benzene rings is 1. The summed E-state index contributed by atoms with van der Waals surface area (Å²) in [5.74, 6) is -0.269. The lowest BCUT2D eigenvalue weighted by molar-refractivity contribution is -0.148. The van der Waals surface area contributed by atoms with Crippen molar-refractivity contribution in [2.24, 2.45) is 11.8 Å². The van der Waals surface area contributed by atoms with Crippen LogP contribution in [0.3, 0.4) is 0 Å². The van der Waals surface area contributed by atoms with Gasteiger partial charge >= 0.3 is 5.97 Å². The molecule has 0 aromatic heterocycles. The number of phenols is 1. The van der Waals surface area contributed by atoms with Crippen LogP contribution in [0.25, 0.3) is 6.08 Å². The molecule has 0 saturated heterocycles. The van der Waals surface area contributed by atoms with Gasteiger partial charge in [-0.2, -0.15) is 0 Å². The van der Waals surface area contributed by atoms with E-state index in [4.69, 9.17) is 4.74 Å². The molecule has 1 aromatic rings. The highest BCUT2D eigenvalue weighted by atomic mass is 16.5. The first-order chi connectivity index (χ1) is 13.3. The quantitative estimate of drug-likeness (QED) is 0.434. The number of aliphatic hydroxyl groups excluding tert-OH is 1. The first-order valence-electron chi connectivity index (χ1n) is 9.95. The molecule has 3 atom stereocenters. The number of ether oxygens (including phenoxy) is 1. The average Bonchev–Trinajstić information content (AvgIpc) is 2.60. The number of aromatic hydroxyl groups is 1. The molecule has 0 aliphatic heterocycles. The summed E-state index contributed by atoms with van der Waals surface area (Å²) in [6.45, 7) is 8.19. The largest absolute Gasteiger partial charge is 0.508 e. The number of aliphatic hydroxyl groups is 1. The highest BCUT2D eigenvalue weighted by molar-refractivity contribution is 5.87. The zero-order valence-electron chi connectivity index (χ0n) is 17.3. The summed E-state index contributed by atoms with van der Waals surface area (Å²) >= 11 is 0. The number of carbonyl (C=O) groups is 1. The fourth-order valence-corrected chi connectivity index (χ4v) is 3.67. The van der Waals surface area contributed by atoms with E-state index < -0.39 is 18.2 Å². The van der Waals surface area contributed by atoms with E-state index in [1.165, 1.54) is 11.6 Å². The highest BCUT2D eigenvalue weighted by Gasteiger charge is 2.33. The zero-order chi connectivity index (χ0) is 20.7. The summed E-state index contributed by atoms with van der Waals surface area (Å²) in [4.78, 5) is 12.5. The van der Waals surface area contributed by atoms with Crippen molar-refractivity contribution in [3.8, 4) is 5.75 Å². The third kappa shape index (κ3) is 6.68. The minimum Gasteiger partial charge on any atom is -0.508 e. The summed E-state index contributed by atoms with van der Waals surface area (Å²) in [7, 11) is 0. The minimum absolute atomic E-state index is 0.158. The van der Waals surface area contributed by atoms with Crippen LogP contribution in [0.15, 0.2) is 53.6 Å². The molecule has 1 aliphatic rings. The van der Waals surface area contributed by atoms with E-state index >= 15 is 0 Å². The van der Waals surface area contributed by atoms with Crippen molar-refractivity contribution in [3.63, 3.8) is 0 Å². The van der Waals surface area contributed by atoms with Crippen LogP contribution in [0.4, 0.5) is 0 Å². The lowest BCUT2D eigenvalue weighted by atomic mass is 9.81. The molecule has 0 heterocycles. The number of hydrogen-bond donors (Lipinski definition) is 2. The zero-order valence-corrected chi connectivity index (χ0v) is 17.3. The normalized spacial score (nSPS) is 24.0. The smallest absolute Gasteiger partial charge is 0.331 e. The first kappa shape index (κ1) is 22.0. The van der Waals surface area contributed by atoms with Crippen molar-refractivity contribution in [1.29, 1.82) is 0 Å². The van der Waals surface area contributed by atoms with Gasteiger partial charge in [-0.25, -0.2) is 4.79 Å². The summed E-state index contributed by atoms with van der Waals surface area (Å²) in [5.41, 5.74) is 3.13. The van der Waals surface area contributed by atoms with E-state index in [1.54, 1.807) is 30.3 Å². The molecule has 2 rings (SSSR count). The van der Waals surface area contributed by atoms with Crippen LogP contribution in [0.5, 0.6) is 5.75 Å². The molecule has 0 spiro atoms. The lowest BCUT2D eigenvalue weighted by Crippen LogP contribution is -2.38. The lowest BCUT2D eigenvalue weighted by Gasteiger charge is -2.33. The third-order valence-electron chi connectivity index (χ3n) is 5.18. The van der Waals surface area contributed by atoms with E-state index in [0.29, 0.717) is 6.42 Å². The molecule has 0 fully saturated rings. The Kier molecular flexibility index (Phi) is 8.06. The Balaban J connectivity index is 2.20. The molecule has 4 heteroatoms. The molecule has 0 amide bonds. The molecular formula is C24H32O4. The minimum atomic E-state index is -0.648. The number of rotatable bonds is 4. The Bertz CT molecular complexity index is 740. The van der Waals surface area contributed by atoms with Crippen molar-refractivity contribution >= 4 is 12.0 Å². The second-order valence-electron chi connectivity index (χ2n) is 8.02. The van der Waals surface area contributed by atoms with Crippen LogP contribution in [0, 0.1) is 11.8 Å². The summed E-state index contributed by atoms with van der Waals surface area (Å²) in [6.07, 6.45) is 8.59. The molecular weight excluding hydrogens is 352 g/mol. The SMILES string of the molecule is CC1=C[C@H](O)[C@H](C(C)C)[C@@H](OC(=O)C=Cc2ccc(O)cc2)CC(C)=CCC1. The number of esters is 1. The molecule has 4 nitrogen and oxygen atoms in total. The molecule has 28 heavy (non-hydrogen) atoms. The molecule has 1 aliphatic carbocycles. The van der Waals surface area contributed by atoms with Crippen molar-refractivity contribution in [1.82, 2.24) is 0 Å². The fraction of sp³-hybridized carbons (Fsp3) is 0.458. The third-order valence-corrected chi connectivity index (χ3v) is 5.18. The predicted octanol–water partition coefficient (Wildman–Crippen LogP) is 5.03. The summed E-state index contributed by atoms with van der Waals surface area (Å²) in [6, 6.07) is 6.59. The summed E-state index contributed by atoms with van der Waals surface area (Å²) in [5, 5.41) is 20.1. The van der Waals surface area contributed by atoms with Crippen LogP contribution in [0.2, 0.25) is 0 Å². The van der Waals surface area contributed by atoms with Crippen LogP contribution >= 0.6 is 0 Å². The maximum absolute atomic E-state index is 12.5. The van der Waals surface area contributed by atoms with E-state index in [-0.39, 0.29) is 17.6 Å². The van der Waals surface area contributed by atoms with E-state index in [1.807, 2.05) is 13.0 Å². The molecule has 2 N–H and O–H groups in total. The van der Waals surface area contributed by atoms with E-state index in [9.17, 15) is 15.0 Å². The van der Waals surface area contributed by atoms with Crippen LogP contribution in [-0.2, 0) is 9.53 Å². The molecule has 0 unspecified atom stereocenters. The first-order valence-corrected chi connectivity index (χ1v) is 9.95. The van der Waals surface area contributed by atoms with Gasteiger partial charge in [0.05, 0.1) is 6.10 Å². The van der Waals surface area contributed by atoms with Crippen molar-refractivity contribution < 1.29 is 19.7 Å². The van der Waals surface area contributed by atoms with E-state index in [0.717, 1.165) is 24.0 Å². The molecule has 0 saturated carbocycles. The Hall–Kier alpha value is -2.33. The van der Waals surface area contributed by atoms with Gasteiger partial charge in [-0.3, -0.25) is 0 Å². The molecule has 0 radical (unpaired) electrons. The van der Waals surface area contributed by atoms with E-state index in [2.05, 4.69) is 26.8 Å². The van der Waals surface area contributed by atoms with Gasteiger partial charge in [0.2, 0.25) is 0 Å². The fourth-order valence-electron chi connectivity index (χ4n) is 3.67. The van der Waals surface area contributed by atoms with Gasteiger partial charge in [0.25, 0.3) is 0 Å². The van der Waals surface area contributed by atoms with Gasteiger partial charge in [0, 0.05) is 18.4 Å². The van der Waals surface area contributed by atoms with Crippen molar-refractivity contribution in [2.75, 3.05) is 0 Å². The van der Waals surface area contributed by atoms with Crippen LogP contribution in [0.1, 0.15) is 52.5 Å². The topological polar surface area (TPSA) is 66.8 Å². The van der Waals surface area contributed by atoms with Gasteiger partial charge in [-0.15, -0.1) is 0 Å². The van der Waals surface area contributed by atoms with Gasteiger partial charge in [-0.1, -0.05) is 49.3 Å². The number of hydrogen-bond acceptors (Lipinski definition) is 4. The Morgan fingerprint density at radius 3 is 2.50 bits per heavy atom. The number of phenolic OH excluding ortho intramolecular Hbond substituents is 1. The molecule has 152 valence electrons. The second-order valence-corrected chi connectivity index (χ2v) is 8.02. The second kappa shape index (κ2) is 10.3. The Morgan fingerprint density at radius 1 is 1.18 bits per heavy atom. The summed E-state index contributed by atoms with van der Waals surface area (Å²) < 4.78 is 5.81. The van der Waals surface area contributed by atoms with Crippen molar-refractivity contribution in [2.45, 2.75) is 59.2 Å². The highest BCUT2D eigenvalue weighted by Crippen LogP contribution is 2.30. The molecule has 1 aromatic carbocycles. The van der Waals surface area contributed by atoms with Crippen molar-refractivity contribution in [3.05, 3.63) is 59.2 Å². The van der Waals surface area contributed by atoms with Gasteiger partial charge in [0.1, 0.15) is 11.9 Å². The van der Waals surface area contributed by atoms with Gasteiger partial charge < -0.3 is 14.9 Å². The van der Waals surface area contributed by atoms with Crippen LogP contribution < -0.4 is 0 Å². The molecule has 0 bridgehead atoms. The van der Waals surface area contributed by atoms with Crippen LogP contribution in [-0.4, -0.2) is 28.4 Å².